The van der Waals surface area contributed by atoms with E-state index in [1.165, 1.54) is 5.56 Å². The van der Waals surface area contributed by atoms with Crippen LogP contribution in [0.25, 0.3) is 0 Å². The summed E-state index contributed by atoms with van der Waals surface area (Å²) >= 11 is 3.49. The lowest BCUT2D eigenvalue weighted by Gasteiger charge is -2.18. The molecule has 2 rings (SSSR count). The summed E-state index contributed by atoms with van der Waals surface area (Å²) in [6.07, 6.45) is 0.444. The van der Waals surface area contributed by atoms with Crippen LogP contribution in [-0.4, -0.2) is 0 Å². The predicted molar refractivity (Wildman–Crippen MR) is 81.9 cm³/mol. The highest BCUT2D eigenvalue weighted by Crippen LogP contribution is 2.25. The van der Waals surface area contributed by atoms with Crippen LogP contribution < -0.4 is 5.32 Å². The summed E-state index contributed by atoms with van der Waals surface area (Å²) < 4.78 is 1.09. The van der Waals surface area contributed by atoms with Crippen LogP contribution in [0, 0.1) is 18.3 Å². The number of anilines is 1. The average molecular weight is 315 g/mol. The van der Waals surface area contributed by atoms with E-state index >= 15 is 0 Å². The Kier molecular flexibility index (Phi) is 4.59. The first kappa shape index (κ1) is 13.6. The van der Waals surface area contributed by atoms with Gasteiger partial charge in [-0.25, -0.2) is 0 Å². The summed E-state index contributed by atoms with van der Waals surface area (Å²) in [5.74, 6) is 0. The topological polar surface area (TPSA) is 35.8 Å². The zero-order valence-electron chi connectivity index (χ0n) is 10.7. The van der Waals surface area contributed by atoms with Gasteiger partial charge in [0, 0.05) is 10.2 Å². The summed E-state index contributed by atoms with van der Waals surface area (Å²) in [5.41, 5.74) is 3.34. The molecule has 3 heteroatoms. The van der Waals surface area contributed by atoms with Crippen LogP contribution in [0.5, 0.6) is 0 Å². The van der Waals surface area contributed by atoms with Crippen molar-refractivity contribution in [2.45, 2.75) is 19.4 Å². The number of nitriles is 1. The van der Waals surface area contributed by atoms with E-state index in [0.29, 0.717) is 6.42 Å². The van der Waals surface area contributed by atoms with Gasteiger partial charge >= 0.3 is 0 Å². The lowest BCUT2D eigenvalue weighted by molar-refractivity contribution is 0.806. The van der Waals surface area contributed by atoms with Crippen molar-refractivity contribution < 1.29 is 0 Å². The third-order valence-electron chi connectivity index (χ3n) is 3.00. The maximum absolute atomic E-state index is 8.98. The van der Waals surface area contributed by atoms with Crippen LogP contribution in [-0.2, 0) is 0 Å². The Morgan fingerprint density at radius 1 is 1.21 bits per heavy atom. The van der Waals surface area contributed by atoms with Gasteiger partial charge in [0.25, 0.3) is 0 Å². The minimum absolute atomic E-state index is 0.0202. The molecule has 0 radical (unpaired) electrons. The normalized spacial score (nSPS) is 11.6. The number of halogens is 1. The van der Waals surface area contributed by atoms with Gasteiger partial charge < -0.3 is 5.32 Å². The van der Waals surface area contributed by atoms with Crippen molar-refractivity contribution in [2.75, 3.05) is 5.32 Å². The molecule has 2 aromatic rings. The van der Waals surface area contributed by atoms with Gasteiger partial charge in [-0.1, -0.05) is 46.3 Å². The zero-order valence-corrected chi connectivity index (χ0v) is 12.3. The second kappa shape index (κ2) is 6.40. The Morgan fingerprint density at radius 3 is 2.58 bits per heavy atom. The summed E-state index contributed by atoms with van der Waals surface area (Å²) in [7, 11) is 0. The second-order valence-electron chi connectivity index (χ2n) is 4.43. The molecular weight excluding hydrogens is 300 g/mol. The lowest BCUT2D eigenvalue weighted by atomic mass is 10.0. The highest BCUT2D eigenvalue weighted by molar-refractivity contribution is 9.10. The molecule has 0 aliphatic heterocycles. The van der Waals surface area contributed by atoms with E-state index in [2.05, 4.69) is 40.3 Å². The molecule has 0 heterocycles. The number of nitrogens with one attached hydrogen (secondary N) is 1. The van der Waals surface area contributed by atoms with Crippen molar-refractivity contribution in [3.05, 3.63) is 64.1 Å². The Morgan fingerprint density at radius 2 is 1.95 bits per heavy atom. The van der Waals surface area contributed by atoms with Crippen molar-refractivity contribution in [1.82, 2.24) is 0 Å². The van der Waals surface area contributed by atoms with Gasteiger partial charge in [0.2, 0.25) is 0 Å². The number of aryl methyl sites for hydroxylation is 1. The minimum atomic E-state index is 0.0202. The Balaban J connectivity index is 2.22. The second-order valence-corrected chi connectivity index (χ2v) is 5.29. The summed E-state index contributed by atoms with van der Waals surface area (Å²) in [4.78, 5) is 0. The summed E-state index contributed by atoms with van der Waals surface area (Å²) in [6, 6.07) is 18.4. The quantitative estimate of drug-likeness (QED) is 0.877. The van der Waals surface area contributed by atoms with Gasteiger partial charge in [-0.2, -0.15) is 5.26 Å². The Labute approximate surface area is 122 Å². The first-order valence-electron chi connectivity index (χ1n) is 6.15. The maximum atomic E-state index is 8.98. The highest BCUT2D eigenvalue weighted by atomic mass is 79.9. The fourth-order valence-corrected chi connectivity index (χ4v) is 2.21. The maximum Gasteiger partial charge on any atom is 0.0647 e. The first-order valence-corrected chi connectivity index (χ1v) is 6.94. The van der Waals surface area contributed by atoms with Crippen molar-refractivity contribution in [3.63, 3.8) is 0 Å². The van der Waals surface area contributed by atoms with Crippen LogP contribution in [0.1, 0.15) is 23.6 Å². The third-order valence-corrected chi connectivity index (χ3v) is 3.89. The molecule has 1 atom stereocenters. The number of nitrogens with zero attached hydrogens (tertiary/aromatic N) is 1. The first-order chi connectivity index (χ1) is 9.20. The molecular formula is C16H15BrN2. The van der Waals surface area contributed by atoms with E-state index in [1.54, 1.807) is 0 Å². The number of benzene rings is 2. The van der Waals surface area contributed by atoms with Gasteiger partial charge in [-0.05, 0) is 36.2 Å². The molecule has 0 fully saturated rings. The standard InChI is InChI=1S/C16H15BrN2/c1-12-11-14(7-8-15(12)17)19-16(9-10-18)13-5-3-2-4-6-13/h2-8,11,16,19H,9H2,1H3. The monoisotopic (exact) mass is 314 g/mol. The molecule has 0 spiro atoms. The third kappa shape index (κ3) is 3.59. The van der Waals surface area contributed by atoms with E-state index in [4.69, 9.17) is 5.26 Å². The summed E-state index contributed by atoms with van der Waals surface area (Å²) in [6.45, 7) is 2.05. The molecule has 0 saturated heterocycles. The van der Waals surface area contributed by atoms with Crippen molar-refractivity contribution >= 4 is 21.6 Å². The molecule has 0 aliphatic rings. The van der Waals surface area contributed by atoms with Crippen LogP contribution >= 0.6 is 15.9 Å². The van der Waals surface area contributed by atoms with Crippen molar-refractivity contribution in [1.29, 1.82) is 5.26 Å². The van der Waals surface area contributed by atoms with Crippen molar-refractivity contribution in [2.24, 2.45) is 0 Å². The molecule has 2 nitrogen and oxygen atoms in total. The SMILES string of the molecule is Cc1cc(NC(CC#N)c2ccccc2)ccc1Br. The minimum Gasteiger partial charge on any atom is -0.377 e. The molecule has 0 saturated carbocycles. The van der Waals surface area contributed by atoms with Gasteiger partial charge in [0.05, 0.1) is 18.5 Å². The fraction of sp³-hybridized carbons (Fsp3) is 0.188. The number of hydrogen-bond acceptors (Lipinski definition) is 2. The summed E-state index contributed by atoms with van der Waals surface area (Å²) in [5, 5.41) is 12.4. The van der Waals surface area contributed by atoms with Gasteiger partial charge in [0.15, 0.2) is 0 Å². The molecule has 0 aliphatic carbocycles. The largest absolute Gasteiger partial charge is 0.377 e. The molecule has 96 valence electrons. The highest BCUT2D eigenvalue weighted by Gasteiger charge is 2.10. The van der Waals surface area contributed by atoms with Crippen LogP contribution in [0.2, 0.25) is 0 Å². The van der Waals surface area contributed by atoms with Gasteiger partial charge in [0.1, 0.15) is 0 Å². The van der Waals surface area contributed by atoms with E-state index in [0.717, 1.165) is 15.7 Å². The van der Waals surface area contributed by atoms with E-state index in [-0.39, 0.29) is 6.04 Å². The molecule has 1 N–H and O–H groups in total. The fourth-order valence-electron chi connectivity index (χ4n) is 1.96. The van der Waals surface area contributed by atoms with Crippen LogP contribution in [0.3, 0.4) is 0 Å². The smallest absolute Gasteiger partial charge is 0.0647 e. The Bertz CT molecular complexity index is 587. The van der Waals surface area contributed by atoms with Crippen LogP contribution in [0.4, 0.5) is 5.69 Å². The molecule has 0 aromatic heterocycles. The zero-order chi connectivity index (χ0) is 13.7. The molecule has 19 heavy (non-hydrogen) atoms. The average Bonchev–Trinajstić information content (AvgIpc) is 2.43. The molecule has 2 aromatic carbocycles. The van der Waals surface area contributed by atoms with E-state index in [9.17, 15) is 0 Å². The number of rotatable bonds is 4. The van der Waals surface area contributed by atoms with Crippen molar-refractivity contribution in [3.8, 4) is 6.07 Å². The predicted octanol–water partition coefficient (Wildman–Crippen LogP) is 4.82. The lowest BCUT2D eigenvalue weighted by Crippen LogP contribution is -2.10. The molecule has 0 bridgehead atoms. The van der Waals surface area contributed by atoms with Gasteiger partial charge in [-0.3, -0.25) is 0 Å². The van der Waals surface area contributed by atoms with Gasteiger partial charge in [-0.15, -0.1) is 0 Å². The Hall–Kier alpha value is -1.79. The molecule has 0 amide bonds. The van der Waals surface area contributed by atoms with Crippen LogP contribution in [0.15, 0.2) is 53.0 Å². The number of hydrogen-bond donors (Lipinski definition) is 1. The molecule has 1 unspecified atom stereocenters. The van der Waals surface area contributed by atoms with E-state index in [1.807, 2.05) is 42.5 Å². The van der Waals surface area contributed by atoms with E-state index < -0.39 is 0 Å².